The number of rotatable bonds is 3. The van der Waals surface area contributed by atoms with Gasteiger partial charge < -0.3 is 14.7 Å². The molecule has 1 aliphatic heterocycles. The summed E-state index contributed by atoms with van der Waals surface area (Å²) < 4.78 is 5.32. The van der Waals surface area contributed by atoms with Gasteiger partial charge in [-0.1, -0.05) is 32.0 Å². The first kappa shape index (κ1) is 17.0. The van der Waals surface area contributed by atoms with E-state index in [1.807, 2.05) is 38.7 Å². The van der Waals surface area contributed by atoms with E-state index in [1.54, 1.807) is 11.3 Å². The molecule has 0 radical (unpaired) electrons. The van der Waals surface area contributed by atoms with E-state index >= 15 is 0 Å². The summed E-state index contributed by atoms with van der Waals surface area (Å²) in [5, 5.41) is 9.06. The van der Waals surface area contributed by atoms with Crippen LogP contribution >= 0.6 is 11.3 Å². The molecule has 1 fully saturated rings. The molecular formula is C17H24N4O2S. The molecule has 0 aromatic carbocycles. The summed E-state index contributed by atoms with van der Waals surface area (Å²) in [7, 11) is 0. The topological polar surface area (TPSA) is 71.3 Å². The highest BCUT2D eigenvalue weighted by atomic mass is 32.1. The van der Waals surface area contributed by atoms with Gasteiger partial charge >= 0.3 is 6.03 Å². The normalized spacial score (nSPS) is 19.5. The second-order valence-electron chi connectivity index (χ2n) is 7.24. The van der Waals surface area contributed by atoms with E-state index < -0.39 is 0 Å². The average Bonchev–Trinajstić information content (AvgIpc) is 3.25. The highest BCUT2D eigenvalue weighted by molar-refractivity contribution is 7.10. The number of urea groups is 1. The van der Waals surface area contributed by atoms with Gasteiger partial charge in [0.15, 0.2) is 5.82 Å². The molecule has 2 atom stereocenters. The third-order valence-electron chi connectivity index (χ3n) is 4.21. The van der Waals surface area contributed by atoms with E-state index in [-0.39, 0.29) is 23.5 Å². The van der Waals surface area contributed by atoms with E-state index in [9.17, 15) is 4.79 Å². The van der Waals surface area contributed by atoms with E-state index in [4.69, 9.17) is 4.52 Å². The monoisotopic (exact) mass is 348 g/mol. The predicted octanol–water partition coefficient (Wildman–Crippen LogP) is 4.04. The van der Waals surface area contributed by atoms with E-state index in [0.29, 0.717) is 11.7 Å². The second-order valence-corrected chi connectivity index (χ2v) is 8.22. The van der Waals surface area contributed by atoms with E-state index in [0.717, 1.165) is 19.4 Å². The number of carbonyl (C=O) groups is 1. The van der Waals surface area contributed by atoms with Gasteiger partial charge in [0.2, 0.25) is 5.89 Å². The molecule has 0 spiro atoms. The first-order valence-corrected chi connectivity index (χ1v) is 9.19. The lowest BCUT2D eigenvalue weighted by Crippen LogP contribution is -2.40. The van der Waals surface area contributed by atoms with Crippen molar-refractivity contribution in [3.05, 3.63) is 34.1 Å². The molecule has 6 nitrogen and oxygen atoms in total. The third kappa shape index (κ3) is 3.45. The Kier molecular flexibility index (Phi) is 4.62. The smallest absolute Gasteiger partial charge is 0.318 e. The Labute approximate surface area is 146 Å². The van der Waals surface area contributed by atoms with Gasteiger partial charge in [-0.05, 0) is 31.2 Å². The van der Waals surface area contributed by atoms with Crippen LogP contribution in [0, 0.1) is 0 Å². The minimum absolute atomic E-state index is 0.0751. The Hall–Kier alpha value is -1.89. The van der Waals surface area contributed by atoms with Crippen molar-refractivity contribution in [1.29, 1.82) is 0 Å². The summed E-state index contributed by atoms with van der Waals surface area (Å²) in [5.74, 6) is 1.09. The molecule has 7 heteroatoms. The molecule has 1 N–H and O–H groups in total. The molecule has 3 heterocycles. The van der Waals surface area contributed by atoms with Crippen molar-refractivity contribution in [1.82, 2.24) is 20.4 Å². The molecule has 2 aromatic heterocycles. The summed E-state index contributed by atoms with van der Waals surface area (Å²) in [5.41, 5.74) is -0.176. The molecule has 0 saturated carbocycles. The zero-order chi connectivity index (χ0) is 17.3. The largest absolute Gasteiger partial charge is 0.337 e. The van der Waals surface area contributed by atoms with Gasteiger partial charge in [0, 0.05) is 16.8 Å². The number of hydrogen-bond donors (Lipinski definition) is 1. The fourth-order valence-corrected chi connectivity index (χ4v) is 3.71. The zero-order valence-corrected chi connectivity index (χ0v) is 15.4. The van der Waals surface area contributed by atoms with Crippen molar-refractivity contribution < 1.29 is 9.32 Å². The van der Waals surface area contributed by atoms with Crippen LogP contribution in [0.3, 0.4) is 0 Å². The van der Waals surface area contributed by atoms with Crippen LogP contribution in [-0.4, -0.2) is 27.6 Å². The minimum Gasteiger partial charge on any atom is -0.337 e. The molecule has 2 aromatic rings. The molecule has 0 unspecified atom stereocenters. The maximum Gasteiger partial charge on any atom is 0.318 e. The van der Waals surface area contributed by atoms with Crippen LogP contribution in [0.2, 0.25) is 0 Å². The maximum absolute atomic E-state index is 12.7. The fraction of sp³-hybridized carbons (Fsp3) is 0.588. The summed E-state index contributed by atoms with van der Waals surface area (Å²) in [6.07, 6.45) is 2.04. The fourth-order valence-electron chi connectivity index (χ4n) is 2.83. The van der Waals surface area contributed by atoms with Crippen molar-refractivity contribution in [2.75, 3.05) is 6.54 Å². The third-order valence-corrected chi connectivity index (χ3v) is 5.18. The molecule has 0 aliphatic carbocycles. The number of nitrogens with one attached hydrogen (secondary N) is 1. The van der Waals surface area contributed by atoms with Gasteiger partial charge in [-0.25, -0.2) is 4.79 Å². The molecule has 2 amide bonds. The Bertz CT molecular complexity index is 690. The number of hydrogen-bond acceptors (Lipinski definition) is 5. The summed E-state index contributed by atoms with van der Waals surface area (Å²) in [4.78, 5) is 20.2. The van der Waals surface area contributed by atoms with Crippen molar-refractivity contribution in [3.63, 3.8) is 0 Å². The van der Waals surface area contributed by atoms with Gasteiger partial charge in [0.25, 0.3) is 0 Å². The van der Waals surface area contributed by atoms with Gasteiger partial charge in [-0.3, -0.25) is 0 Å². The molecule has 130 valence electrons. The zero-order valence-electron chi connectivity index (χ0n) is 14.6. The van der Waals surface area contributed by atoms with Crippen molar-refractivity contribution in [2.45, 2.75) is 58.0 Å². The first-order valence-electron chi connectivity index (χ1n) is 8.31. The minimum atomic E-state index is -0.314. The van der Waals surface area contributed by atoms with Crippen LogP contribution in [0.4, 0.5) is 4.79 Å². The van der Waals surface area contributed by atoms with Crippen LogP contribution in [0.15, 0.2) is 22.0 Å². The Morgan fingerprint density at radius 1 is 1.50 bits per heavy atom. The number of nitrogens with zero attached hydrogens (tertiary/aromatic N) is 3. The summed E-state index contributed by atoms with van der Waals surface area (Å²) in [6.45, 7) is 8.73. The van der Waals surface area contributed by atoms with Crippen LogP contribution < -0.4 is 5.32 Å². The van der Waals surface area contributed by atoms with Gasteiger partial charge in [0.1, 0.15) is 6.04 Å². The van der Waals surface area contributed by atoms with Crippen molar-refractivity contribution >= 4 is 17.4 Å². The Morgan fingerprint density at radius 3 is 2.92 bits per heavy atom. The van der Waals surface area contributed by atoms with Crippen molar-refractivity contribution in [3.8, 4) is 0 Å². The summed E-state index contributed by atoms with van der Waals surface area (Å²) in [6, 6.07) is 3.91. The first-order chi connectivity index (χ1) is 11.4. The van der Waals surface area contributed by atoms with E-state index in [1.165, 1.54) is 4.88 Å². The highest BCUT2D eigenvalue weighted by Gasteiger charge is 2.32. The SMILES string of the molecule is C[C@@H](NC(=O)N1CCC[C@@H]1c1cccs1)c1nc(C(C)(C)C)no1. The predicted molar refractivity (Wildman–Crippen MR) is 92.9 cm³/mol. The lowest BCUT2D eigenvalue weighted by molar-refractivity contribution is 0.187. The van der Waals surface area contributed by atoms with Gasteiger partial charge in [-0.15, -0.1) is 11.3 Å². The number of likely N-dealkylation sites (tertiary alicyclic amines) is 1. The van der Waals surface area contributed by atoms with Crippen molar-refractivity contribution in [2.24, 2.45) is 0 Å². The maximum atomic E-state index is 12.7. The average molecular weight is 348 g/mol. The summed E-state index contributed by atoms with van der Waals surface area (Å²) >= 11 is 1.70. The van der Waals surface area contributed by atoms with Crippen LogP contribution in [0.1, 0.15) is 69.2 Å². The Balaban J connectivity index is 1.67. The lowest BCUT2D eigenvalue weighted by Gasteiger charge is -2.25. The molecule has 3 rings (SSSR count). The molecule has 1 aliphatic rings. The quantitative estimate of drug-likeness (QED) is 0.909. The molecule has 24 heavy (non-hydrogen) atoms. The van der Waals surface area contributed by atoms with Gasteiger partial charge in [0.05, 0.1) is 6.04 Å². The second kappa shape index (κ2) is 6.55. The van der Waals surface area contributed by atoms with Crippen LogP contribution in [0.25, 0.3) is 0 Å². The number of carbonyl (C=O) groups excluding carboxylic acids is 1. The standard InChI is InChI=1S/C17H24N4O2S/c1-11(14-19-15(20-23-14)17(2,3)4)18-16(22)21-9-5-7-12(21)13-8-6-10-24-13/h6,8,10-12H,5,7,9H2,1-4H3,(H,18,22)/t11-,12-/m1/s1. The van der Waals surface area contributed by atoms with Crippen LogP contribution in [0.5, 0.6) is 0 Å². The molecule has 1 saturated heterocycles. The highest BCUT2D eigenvalue weighted by Crippen LogP contribution is 2.34. The number of amides is 2. The van der Waals surface area contributed by atoms with E-state index in [2.05, 4.69) is 26.9 Å². The molecular weight excluding hydrogens is 324 g/mol. The number of thiophene rings is 1. The number of aromatic nitrogens is 2. The lowest BCUT2D eigenvalue weighted by atomic mass is 9.96. The van der Waals surface area contributed by atoms with Gasteiger partial charge in [-0.2, -0.15) is 4.98 Å². The Morgan fingerprint density at radius 2 is 2.29 bits per heavy atom. The molecule has 0 bridgehead atoms. The van der Waals surface area contributed by atoms with Crippen LogP contribution in [-0.2, 0) is 5.41 Å².